The average Bonchev–Trinajstić information content (AvgIpc) is 3.01. The molecule has 6 heteroatoms. The van der Waals surface area contributed by atoms with Crippen molar-refractivity contribution in [2.45, 2.75) is 59.3 Å². The molecule has 0 spiro atoms. The van der Waals surface area contributed by atoms with Crippen LogP contribution < -0.4 is 10.6 Å². The van der Waals surface area contributed by atoms with Crippen LogP contribution in [0.1, 0.15) is 88.5 Å². The number of allylic oxidation sites excluding steroid dienone is 2. The Morgan fingerprint density at radius 1 is 0.951 bits per heavy atom. The molecule has 2 aromatic carbocycles. The molecule has 41 heavy (non-hydrogen) atoms. The van der Waals surface area contributed by atoms with E-state index >= 15 is 0 Å². The number of carbonyl (C=O) groups is 2. The highest BCUT2D eigenvalue weighted by Gasteiger charge is 2.25. The Kier molecular flexibility index (Phi) is 11.9. The smallest absolute Gasteiger partial charge is 0.255 e. The van der Waals surface area contributed by atoms with Crippen molar-refractivity contribution in [2.75, 3.05) is 25.5 Å². The van der Waals surface area contributed by atoms with Crippen LogP contribution in [0.2, 0.25) is 0 Å². The largest absolute Gasteiger partial charge is 0.393 e. The molecule has 4 rings (SSSR count). The summed E-state index contributed by atoms with van der Waals surface area (Å²) in [5, 5.41) is 6.01. The quantitative estimate of drug-likeness (QED) is 0.283. The maximum absolute atomic E-state index is 13.3. The molecular formula is C35H44N4O2. The summed E-state index contributed by atoms with van der Waals surface area (Å²) in [5.41, 5.74) is 6.94. The van der Waals surface area contributed by atoms with Crippen LogP contribution in [0.25, 0.3) is 5.57 Å². The minimum Gasteiger partial charge on any atom is -0.393 e. The molecule has 3 aromatic rings. The Hall–Kier alpha value is -4.19. The predicted molar refractivity (Wildman–Crippen MR) is 170 cm³/mol. The van der Waals surface area contributed by atoms with Gasteiger partial charge in [-0.05, 0) is 79.1 Å². The number of aromatic nitrogens is 1. The molecule has 2 heterocycles. The van der Waals surface area contributed by atoms with Crippen LogP contribution >= 0.6 is 0 Å². The van der Waals surface area contributed by atoms with Gasteiger partial charge < -0.3 is 15.5 Å². The lowest BCUT2D eigenvalue weighted by molar-refractivity contribution is 0.0712. The number of amides is 2. The summed E-state index contributed by atoms with van der Waals surface area (Å²) in [6, 6.07) is 17.6. The van der Waals surface area contributed by atoms with Gasteiger partial charge in [0.1, 0.15) is 0 Å². The molecule has 6 nitrogen and oxygen atoms in total. The Morgan fingerprint density at radius 2 is 1.61 bits per heavy atom. The van der Waals surface area contributed by atoms with Gasteiger partial charge in [0, 0.05) is 55.0 Å². The number of piperidine rings is 1. The minimum atomic E-state index is -0.216. The third kappa shape index (κ3) is 8.65. The van der Waals surface area contributed by atoms with Crippen molar-refractivity contribution in [3.8, 4) is 0 Å². The lowest BCUT2D eigenvalue weighted by atomic mass is 9.88. The summed E-state index contributed by atoms with van der Waals surface area (Å²) in [6.45, 7) is 13.4. The number of anilines is 1. The number of likely N-dealkylation sites (tertiary alicyclic amines) is 1. The second-order valence-electron chi connectivity index (χ2n) is 10.5. The lowest BCUT2D eigenvalue weighted by Crippen LogP contribution is -2.38. The molecule has 0 aliphatic carbocycles. The van der Waals surface area contributed by atoms with Crippen LogP contribution in [0.4, 0.5) is 5.69 Å². The van der Waals surface area contributed by atoms with Crippen molar-refractivity contribution in [1.82, 2.24) is 15.2 Å². The van der Waals surface area contributed by atoms with Crippen molar-refractivity contribution >= 4 is 23.1 Å². The van der Waals surface area contributed by atoms with E-state index in [1.807, 2.05) is 50.2 Å². The van der Waals surface area contributed by atoms with E-state index in [1.54, 1.807) is 24.4 Å². The van der Waals surface area contributed by atoms with Gasteiger partial charge in [-0.25, -0.2) is 0 Å². The van der Waals surface area contributed by atoms with Crippen LogP contribution in [0.5, 0.6) is 0 Å². The van der Waals surface area contributed by atoms with Crippen molar-refractivity contribution in [3.05, 3.63) is 113 Å². The molecule has 0 atom stereocenters. The number of aryl methyl sites for hydroxylation is 2. The number of unbranched alkanes of at least 4 members (excludes halogenated alkanes) is 1. The van der Waals surface area contributed by atoms with Crippen molar-refractivity contribution in [3.63, 3.8) is 0 Å². The third-order valence-corrected chi connectivity index (χ3v) is 7.41. The van der Waals surface area contributed by atoms with Gasteiger partial charge in [-0.3, -0.25) is 14.6 Å². The number of nitrogens with one attached hydrogen (secondary N) is 2. The molecule has 1 saturated heterocycles. The molecular weight excluding hydrogens is 508 g/mol. The Balaban J connectivity index is 0.00000108. The van der Waals surface area contributed by atoms with Crippen LogP contribution in [-0.4, -0.2) is 41.8 Å². The zero-order chi connectivity index (χ0) is 29.8. The van der Waals surface area contributed by atoms with Gasteiger partial charge in [-0.15, -0.1) is 0 Å². The van der Waals surface area contributed by atoms with Gasteiger partial charge >= 0.3 is 0 Å². The summed E-state index contributed by atoms with van der Waals surface area (Å²) in [4.78, 5) is 32.1. The number of hydrogen-bond acceptors (Lipinski definition) is 4. The Morgan fingerprint density at radius 3 is 2.20 bits per heavy atom. The van der Waals surface area contributed by atoms with Gasteiger partial charge in [0.2, 0.25) is 0 Å². The van der Waals surface area contributed by atoms with Gasteiger partial charge in [0.05, 0.1) is 0 Å². The highest BCUT2D eigenvalue weighted by atomic mass is 16.2. The fraction of sp³-hybridized carbons (Fsp3) is 0.343. The van der Waals surface area contributed by atoms with E-state index in [1.165, 1.54) is 18.4 Å². The standard InChI is InChI=1S/C31H34N4O2.C4H10/c1-5-23(20-32-4)24-8-10-25(11-9-24)26-13-16-35(17-14-26)31(37)28-7-6-21(2)29(19-28)34-30(36)27-12-15-33-22(3)18-27;1-3-4-2/h5-12,15,18-20,26,32H,1,13-14,16-17H2,2-4H3,(H,34,36);3-4H2,1-2H3/b23-20+;. The van der Waals surface area contributed by atoms with Crippen LogP contribution in [0.15, 0.2) is 79.6 Å². The molecule has 1 fully saturated rings. The topological polar surface area (TPSA) is 74.3 Å². The molecule has 0 saturated carbocycles. The molecule has 2 amide bonds. The first-order chi connectivity index (χ1) is 19.8. The number of carbonyl (C=O) groups excluding carboxylic acids is 2. The number of rotatable bonds is 8. The number of hydrogen-bond donors (Lipinski definition) is 2. The molecule has 1 aromatic heterocycles. The maximum Gasteiger partial charge on any atom is 0.255 e. The molecule has 1 aliphatic rings. The Bertz CT molecular complexity index is 1350. The second-order valence-corrected chi connectivity index (χ2v) is 10.5. The van der Waals surface area contributed by atoms with Crippen molar-refractivity contribution in [2.24, 2.45) is 0 Å². The first-order valence-electron chi connectivity index (χ1n) is 14.5. The average molecular weight is 553 g/mol. The minimum absolute atomic E-state index is 0.00289. The normalized spacial score (nSPS) is 13.6. The third-order valence-electron chi connectivity index (χ3n) is 7.41. The van der Waals surface area contributed by atoms with E-state index in [0.29, 0.717) is 35.8 Å². The van der Waals surface area contributed by atoms with Crippen molar-refractivity contribution in [1.29, 1.82) is 0 Å². The number of benzene rings is 2. The zero-order valence-corrected chi connectivity index (χ0v) is 25.2. The number of pyridine rings is 1. The number of nitrogens with zero attached hydrogens (tertiary/aromatic N) is 2. The summed E-state index contributed by atoms with van der Waals surface area (Å²) >= 11 is 0. The summed E-state index contributed by atoms with van der Waals surface area (Å²) < 4.78 is 0. The first-order valence-corrected chi connectivity index (χ1v) is 14.5. The predicted octanol–water partition coefficient (Wildman–Crippen LogP) is 7.52. The molecule has 0 radical (unpaired) electrons. The van der Waals surface area contributed by atoms with Crippen LogP contribution in [-0.2, 0) is 0 Å². The van der Waals surface area contributed by atoms with E-state index in [2.05, 4.69) is 60.3 Å². The monoisotopic (exact) mass is 552 g/mol. The molecule has 216 valence electrons. The van der Waals surface area contributed by atoms with Gasteiger partial charge in [-0.2, -0.15) is 0 Å². The van der Waals surface area contributed by atoms with E-state index in [0.717, 1.165) is 35.2 Å². The van der Waals surface area contributed by atoms with E-state index in [9.17, 15) is 9.59 Å². The van der Waals surface area contributed by atoms with Crippen LogP contribution in [0, 0.1) is 13.8 Å². The van der Waals surface area contributed by atoms with Gasteiger partial charge in [0.25, 0.3) is 11.8 Å². The highest BCUT2D eigenvalue weighted by molar-refractivity contribution is 6.05. The van der Waals surface area contributed by atoms with E-state index < -0.39 is 0 Å². The van der Waals surface area contributed by atoms with E-state index in [4.69, 9.17) is 0 Å². The fourth-order valence-corrected chi connectivity index (χ4v) is 4.73. The Labute approximate surface area is 245 Å². The zero-order valence-electron chi connectivity index (χ0n) is 25.2. The summed E-state index contributed by atoms with van der Waals surface area (Å²) in [6.07, 6.45) is 9.88. The van der Waals surface area contributed by atoms with Crippen molar-refractivity contribution < 1.29 is 9.59 Å². The van der Waals surface area contributed by atoms with E-state index in [-0.39, 0.29) is 11.8 Å². The SMILES string of the molecule is C=C/C(=C\NC)c1ccc(C2CCN(C(=O)c3ccc(C)c(NC(=O)c4ccnc(C)c4)c3)CC2)cc1.CCCC. The summed E-state index contributed by atoms with van der Waals surface area (Å²) in [7, 11) is 1.88. The first kappa shape index (κ1) is 31.3. The lowest BCUT2D eigenvalue weighted by Gasteiger charge is -2.32. The fourth-order valence-electron chi connectivity index (χ4n) is 4.73. The van der Waals surface area contributed by atoms with Gasteiger partial charge in [0.15, 0.2) is 0 Å². The van der Waals surface area contributed by atoms with Crippen LogP contribution in [0.3, 0.4) is 0 Å². The second kappa shape index (κ2) is 15.6. The van der Waals surface area contributed by atoms with Gasteiger partial charge in [-0.1, -0.05) is 69.7 Å². The highest BCUT2D eigenvalue weighted by Crippen LogP contribution is 2.30. The maximum atomic E-state index is 13.3. The molecule has 1 aliphatic heterocycles. The molecule has 2 N–H and O–H groups in total. The molecule has 0 bridgehead atoms. The molecule has 0 unspecified atom stereocenters. The summed E-state index contributed by atoms with van der Waals surface area (Å²) in [5.74, 6) is 0.207.